The van der Waals surface area contributed by atoms with Gasteiger partial charge in [0.2, 0.25) is 0 Å². The van der Waals surface area contributed by atoms with Crippen LogP contribution in [0.4, 0.5) is 4.79 Å². The van der Waals surface area contributed by atoms with Crippen LogP contribution in [0.25, 0.3) is 0 Å². The Balaban J connectivity index is 1.86. The molecule has 1 unspecified atom stereocenters. The van der Waals surface area contributed by atoms with Crippen LogP contribution in [0.2, 0.25) is 0 Å². The summed E-state index contributed by atoms with van der Waals surface area (Å²) in [4.78, 5) is 28.2. The van der Waals surface area contributed by atoms with E-state index in [-0.39, 0.29) is 12.0 Å². The zero-order valence-electron chi connectivity index (χ0n) is 16.9. The van der Waals surface area contributed by atoms with Crippen LogP contribution in [0.1, 0.15) is 52.0 Å². The Labute approximate surface area is 162 Å². The van der Waals surface area contributed by atoms with Crippen LogP contribution < -0.4 is 4.74 Å². The molecule has 0 aliphatic carbocycles. The smallest absolute Gasteiger partial charge is 0.409 e. The van der Waals surface area contributed by atoms with E-state index in [1.807, 2.05) is 24.3 Å². The molecule has 1 aliphatic heterocycles. The molecule has 0 radical (unpaired) electrons. The van der Waals surface area contributed by atoms with Gasteiger partial charge in [-0.2, -0.15) is 0 Å². The minimum absolute atomic E-state index is 0.0486. The standard InChI is InChI=1S/C21H32N2O4/c1-5-6-15-26-21(25)23-13-11-22(12-14-23)20(24)17(4)27-19-10-8-7-9-18(19)16(2)3/h7-10,16-17H,5-6,11-15H2,1-4H3. The zero-order chi connectivity index (χ0) is 19.8. The molecule has 0 bridgehead atoms. The highest BCUT2D eigenvalue weighted by atomic mass is 16.6. The van der Waals surface area contributed by atoms with Gasteiger partial charge in [0, 0.05) is 26.2 Å². The van der Waals surface area contributed by atoms with E-state index in [0.717, 1.165) is 24.2 Å². The predicted molar refractivity (Wildman–Crippen MR) is 105 cm³/mol. The summed E-state index contributed by atoms with van der Waals surface area (Å²) >= 11 is 0. The van der Waals surface area contributed by atoms with Gasteiger partial charge < -0.3 is 19.3 Å². The zero-order valence-corrected chi connectivity index (χ0v) is 16.9. The third-order valence-corrected chi connectivity index (χ3v) is 4.77. The Hall–Kier alpha value is -2.24. The van der Waals surface area contributed by atoms with E-state index in [9.17, 15) is 9.59 Å². The summed E-state index contributed by atoms with van der Waals surface area (Å²) in [5.74, 6) is 1.03. The molecular weight excluding hydrogens is 344 g/mol. The monoisotopic (exact) mass is 376 g/mol. The second-order valence-corrected chi connectivity index (χ2v) is 7.23. The van der Waals surface area contributed by atoms with Gasteiger partial charge >= 0.3 is 6.09 Å². The lowest BCUT2D eigenvalue weighted by Crippen LogP contribution is -2.53. The van der Waals surface area contributed by atoms with Crippen LogP contribution in [0.5, 0.6) is 5.75 Å². The largest absolute Gasteiger partial charge is 0.481 e. The van der Waals surface area contributed by atoms with Gasteiger partial charge in [0.25, 0.3) is 5.91 Å². The van der Waals surface area contributed by atoms with E-state index in [1.165, 1.54) is 0 Å². The van der Waals surface area contributed by atoms with E-state index in [2.05, 4.69) is 20.8 Å². The molecule has 2 amide bonds. The number of hydrogen-bond acceptors (Lipinski definition) is 4. The molecule has 2 rings (SSSR count). The van der Waals surface area contributed by atoms with Crippen LogP contribution in [0, 0.1) is 0 Å². The fraction of sp³-hybridized carbons (Fsp3) is 0.619. The van der Waals surface area contributed by atoms with Crippen LogP contribution in [-0.4, -0.2) is 60.7 Å². The van der Waals surface area contributed by atoms with Crippen LogP contribution >= 0.6 is 0 Å². The fourth-order valence-corrected chi connectivity index (χ4v) is 3.07. The van der Waals surface area contributed by atoms with E-state index in [4.69, 9.17) is 9.47 Å². The molecule has 0 spiro atoms. The van der Waals surface area contributed by atoms with E-state index in [0.29, 0.717) is 38.7 Å². The minimum atomic E-state index is -0.562. The first-order valence-electron chi connectivity index (χ1n) is 9.90. The first kappa shape index (κ1) is 21.1. The van der Waals surface area contributed by atoms with Gasteiger partial charge in [-0.25, -0.2) is 4.79 Å². The molecule has 6 heteroatoms. The SMILES string of the molecule is CCCCOC(=O)N1CCN(C(=O)C(C)Oc2ccccc2C(C)C)CC1. The molecular formula is C21H32N2O4. The van der Waals surface area contributed by atoms with Crippen molar-refractivity contribution in [3.63, 3.8) is 0 Å². The molecule has 1 saturated heterocycles. The second-order valence-electron chi connectivity index (χ2n) is 7.23. The van der Waals surface area contributed by atoms with Crippen molar-refractivity contribution in [2.24, 2.45) is 0 Å². The maximum absolute atomic E-state index is 12.7. The van der Waals surface area contributed by atoms with Crippen molar-refractivity contribution < 1.29 is 19.1 Å². The van der Waals surface area contributed by atoms with Crippen molar-refractivity contribution in [1.29, 1.82) is 0 Å². The normalized spacial score (nSPS) is 15.6. The number of hydrogen-bond donors (Lipinski definition) is 0. The second kappa shape index (κ2) is 10.2. The summed E-state index contributed by atoms with van der Waals surface area (Å²) in [5, 5.41) is 0. The number of para-hydroxylation sites is 1. The molecule has 1 heterocycles. The maximum Gasteiger partial charge on any atom is 0.409 e. The average Bonchev–Trinajstić information content (AvgIpc) is 2.67. The highest BCUT2D eigenvalue weighted by Gasteiger charge is 2.28. The van der Waals surface area contributed by atoms with Crippen molar-refractivity contribution in [1.82, 2.24) is 9.80 Å². The lowest BCUT2D eigenvalue weighted by Gasteiger charge is -2.35. The van der Waals surface area contributed by atoms with E-state index >= 15 is 0 Å². The van der Waals surface area contributed by atoms with Crippen molar-refractivity contribution >= 4 is 12.0 Å². The van der Waals surface area contributed by atoms with Crippen molar-refractivity contribution in [2.75, 3.05) is 32.8 Å². The quantitative estimate of drug-likeness (QED) is 0.682. The molecule has 6 nitrogen and oxygen atoms in total. The van der Waals surface area contributed by atoms with Crippen molar-refractivity contribution in [3.05, 3.63) is 29.8 Å². The Morgan fingerprint density at radius 2 is 1.67 bits per heavy atom. The molecule has 1 atom stereocenters. The molecule has 27 heavy (non-hydrogen) atoms. The van der Waals surface area contributed by atoms with Gasteiger partial charge in [0.05, 0.1) is 6.61 Å². The number of nitrogens with zero attached hydrogens (tertiary/aromatic N) is 2. The highest BCUT2D eigenvalue weighted by molar-refractivity contribution is 5.81. The highest BCUT2D eigenvalue weighted by Crippen LogP contribution is 2.27. The van der Waals surface area contributed by atoms with Gasteiger partial charge in [0.1, 0.15) is 5.75 Å². The van der Waals surface area contributed by atoms with Crippen LogP contribution in [-0.2, 0) is 9.53 Å². The molecule has 0 saturated carbocycles. The van der Waals surface area contributed by atoms with Gasteiger partial charge in [-0.3, -0.25) is 4.79 Å². The number of benzene rings is 1. The van der Waals surface area contributed by atoms with Gasteiger partial charge in [-0.15, -0.1) is 0 Å². The Bertz CT molecular complexity index is 624. The Kier molecular flexibility index (Phi) is 7.95. The summed E-state index contributed by atoms with van der Waals surface area (Å²) < 4.78 is 11.2. The molecule has 0 N–H and O–H groups in total. The summed E-state index contributed by atoms with van der Waals surface area (Å²) in [6.45, 7) is 10.5. The van der Waals surface area contributed by atoms with Crippen LogP contribution in [0.3, 0.4) is 0 Å². The molecule has 1 aromatic rings. The van der Waals surface area contributed by atoms with Gasteiger partial charge in [-0.05, 0) is 30.9 Å². The molecule has 1 aromatic carbocycles. The van der Waals surface area contributed by atoms with E-state index in [1.54, 1.807) is 16.7 Å². The Morgan fingerprint density at radius 3 is 2.30 bits per heavy atom. The third kappa shape index (κ3) is 5.88. The molecule has 1 fully saturated rings. The topological polar surface area (TPSA) is 59.1 Å². The maximum atomic E-state index is 12.7. The molecule has 150 valence electrons. The fourth-order valence-electron chi connectivity index (χ4n) is 3.07. The minimum Gasteiger partial charge on any atom is -0.481 e. The summed E-state index contributed by atoms with van der Waals surface area (Å²) in [5.41, 5.74) is 1.09. The summed E-state index contributed by atoms with van der Waals surface area (Å²) in [6, 6.07) is 7.83. The summed E-state index contributed by atoms with van der Waals surface area (Å²) in [7, 11) is 0. The molecule has 0 aromatic heterocycles. The Morgan fingerprint density at radius 1 is 1.04 bits per heavy atom. The first-order chi connectivity index (χ1) is 12.9. The number of amides is 2. The van der Waals surface area contributed by atoms with Gasteiger partial charge in [0.15, 0.2) is 6.10 Å². The number of carbonyl (C=O) groups is 2. The molecule has 1 aliphatic rings. The number of carbonyl (C=O) groups excluding carboxylic acids is 2. The lowest BCUT2D eigenvalue weighted by atomic mass is 10.0. The third-order valence-electron chi connectivity index (χ3n) is 4.77. The average molecular weight is 376 g/mol. The van der Waals surface area contributed by atoms with Gasteiger partial charge in [-0.1, -0.05) is 45.4 Å². The van der Waals surface area contributed by atoms with Crippen molar-refractivity contribution in [3.8, 4) is 5.75 Å². The number of unbranched alkanes of at least 4 members (excludes halogenated alkanes) is 1. The first-order valence-corrected chi connectivity index (χ1v) is 9.90. The number of piperazine rings is 1. The van der Waals surface area contributed by atoms with E-state index < -0.39 is 6.10 Å². The van der Waals surface area contributed by atoms with Crippen LogP contribution in [0.15, 0.2) is 24.3 Å². The van der Waals surface area contributed by atoms with Crippen molar-refractivity contribution in [2.45, 2.75) is 52.6 Å². The number of ether oxygens (including phenoxy) is 2. The lowest BCUT2D eigenvalue weighted by molar-refractivity contribution is -0.139. The summed E-state index contributed by atoms with van der Waals surface area (Å²) in [6.07, 6.45) is 1.02. The predicted octanol–water partition coefficient (Wildman–Crippen LogP) is 3.66. The number of rotatable bonds is 7.